The first-order valence-electron chi connectivity index (χ1n) is 6.05. The van der Waals surface area contributed by atoms with E-state index >= 15 is 0 Å². The monoisotopic (exact) mass is 263 g/mol. The largest absolute Gasteiger partial charge is 0.414 e. The second-order valence-electron chi connectivity index (χ2n) is 4.05. The third-order valence-corrected chi connectivity index (χ3v) is 3.49. The lowest BCUT2D eigenvalue weighted by atomic mass is 10.1. The third-order valence-electron chi connectivity index (χ3n) is 2.47. The number of benzene rings is 1. The van der Waals surface area contributed by atoms with Crippen LogP contribution in [0.2, 0.25) is 0 Å². The van der Waals surface area contributed by atoms with Gasteiger partial charge in [-0.15, -0.1) is 10.2 Å². The molecule has 1 heterocycles. The predicted octanol–water partition coefficient (Wildman–Crippen LogP) is 2.81. The Bertz CT molecular complexity index is 472. The molecule has 0 saturated heterocycles. The molecule has 18 heavy (non-hydrogen) atoms. The molecule has 4 nitrogen and oxygen atoms in total. The summed E-state index contributed by atoms with van der Waals surface area (Å²) in [6.07, 6.45) is 1.79. The van der Waals surface area contributed by atoms with Gasteiger partial charge in [-0.05, 0) is 18.4 Å². The molecule has 96 valence electrons. The molecule has 2 aromatic rings. The van der Waals surface area contributed by atoms with Gasteiger partial charge in [-0.2, -0.15) is 0 Å². The Labute approximate surface area is 111 Å². The zero-order valence-electron chi connectivity index (χ0n) is 10.4. The normalized spacial score (nSPS) is 12.6. The molecule has 0 aliphatic carbocycles. The maximum absolute atomic E-state index is 6.06. The second kappa shape index (κ2) is 6.56. The number of rotatable bonds is 6. The van der Waals surface area contributed by atoms with Gasteiger partial charge in [-0.3, -0.25) is 0 Å². The molecule has 0 saturated carbocycles. The molecule has 0 amide bonds. The van der Waals surface area contributed by atoms with Crippen LogP contribution in [0.3, 0.4) is 0 Å². The van der Waals surface area contributed by atoms with E-state index in [0.29, 0.717) is 17.5 Å². The smallest absolute Gasteiger partial charge is 0.276 e. The molecule has 0 unspecified atom stereocenters. The molecule has 2 N–H and O–H groups in total. The van der Waals surface area contributed by atoms with Crippen LogP contribution in [0, 0.1) is 0 Å². The van der Waals surface area contributed by atoms with Gasteiger partial charge in [0.1, 0.15) is 0 Å². The highest BCUT2D eigenvalue weighted by Gasteiger charge is 2.15. The van der Waals surface area contributed by atoms with Crippen molar-refractivity contribution in [2.45, 2.75) is 31.0 Å². The van der Waals surface area contributed by atoms with E-state index in [1.54, 1.807) is 11.8 Å². The van der Waals surface area contributed by atoms with Crippen molar-refractivity contribution in [3.8, 4) is 0 Å². The molecule has 1 atom stereocenters. The highest BCUT2D eigenvalue weighted by molar-refractivity contribution is 7.99. The number of hydrogen-bond donors (Lipinski definition) is 1. The van der Waals surface area contributed by atoms with Gasteiger partial charge in [0.2, 0.25) is 5.89 Å². The summed E-state index contributed by atoms with van der Waals surface area (Å²) < 4.78 is 5.54. The molecule has 0 aliphatic heterocycles. The van der Waals surface area contributed by atoms with Crippen molar-refractivity contribution in [3.63, 3.8) is 0 Å². The molecule has 1 aromatic heterocycles. The van der Waals surface area contributed by atoms with E-state index in [1.807, 2.05) is 30.3 Å². The van der Waals surface area contributed by atoms with Crippen molar-refractivity contribution in [1.82, 2.24) is 10.2 Å². The summed E-state index contributed by atoms with van der Waals surface area (Å²) in [4.78, 5) is 0. The van der Waals surface area contributed by atoms with Crippen molar-refractivity contribution in [2.75, 3.05) is 5.75 Å². The lowest BCUT2D eigenvalue weighted by molar-refractivity contribution is 0.385. The first kappa shape index (κ1) is 13.1. The summed E-state index contributed by atoms with van der Waals surface area (Å²) in [5.74, 6) is 1.49. The summed E-state index contributed by atoms with van der Waals surface area (Å²) in [5, 5.41) is 8.59. The maximum Gasteiger partial charge on any atom is 0.276 e. The number of nitrogens with two attached hydrogens (primary N) is 1. The van der Waals surface area contributed by atoms with Gasteiger partial charge >= 0.3 is 0 Å². The Morgan fingerprint density at radius 2 is 2.06 bits per heavy atom. The van der Waals surface area contributed by atoms with Gasteiger partial charge < -0.3 is 10.2 Å². The quantitative estimate of drug-likeness (QED) is 0.812. The van der Waals surface area contributed by atoms with E-state index in [4.69, 9.17) is 10.2 Å². The molecule has 0 radical (unpaired) electrons. The Morgan fingerprint density at radius 1 is 1.28 bits per heavy atom. The number of hydrogen-bond acceptors (Lipinski definition) is 5. The van der Waals surface area contributed by atoms with Gasteiger partial charge in [-0.25, -0.2) is 0 Å². The van der Waals surface area contributed by atoms with Gasteiger partial charge in [0.15, 0.2) is 0 Å². The van der Waals surface area contributed by atoms with Crippen LogP contribution in [-0.2, 0) is 6.42 Å². The fourth-order valence-electron chi connectivity index (χ4n) is 1.57. The van der Waals surface area contributed by atoms with Gasteiger partial charge in [0, 0.05) is 5.75 Å². The molecule has 1 aromatic carbocycles. The second-order valence-corrected chi connectivity index (χ2v) is 5.10. The minimum Gasteiger partial charge on any atom is -0.414 e. The first-order chi connectivity index (χ1) is 8.79. The lowest BCUT2D eigenvalue weighted by Crippen LogP contribution is -2.13. The molecule has 0 aliphatic rings. The molecular formula is C13H17N3OS. The van der Waals surface area contributed by atoms with Crippen LogP contribution in [-0.4, -0.2) is 16.0 Å². The predicted molar refractivity (Wildman–Crippen MR) is 72.4 cm³/mol. The van der Waals surface area contributed by atoms with Crippen molar-refractivity contribution >= 4 is 11.8 Å². The summed E-state index contributed by atoms with van der Waals surface area (Å²) in [7, 11) is 0. The van der Waals surface area contributed by atoms with Gasteiger partial charge in [-0.1, -0.05) is 49.0 Å². The Balaban J connectivity index is 1.96. The van der Waals surface area contributed by atoms with Crippen LogP contribution in [0.5, 0.6) is 0 Å². The lowest BCUT2D eigenvalue weighted by Gasteiger charge is -2.06. The molecule has 5 heteroatoms. The van der Waals surface area contributed by atoms with Crippen LogP contribution in [0.25, 0.3) is 0 Å². The third kappa shape index (κ3) is 3.58. The van der Waals surface area contributed by atoms with Crippen LogP contribution in [0.4, 0.5) is 0 Å². The van der Waals surface area contributed by atoms with E-state index in [-0.39, 0.29) is 6.04 Å². The van der Waals surface area contributed by atoms with Gasteiger partial charge in [0.25, 0.3) is 5.22 Å². The fourth-order valence-corrected chi connectivity index (χ4v) is 2.19. The van der Waals surface area contributed by atoms with Gasteiger partial charge in [0.05, 0.1) is 6.04 Å². The summed E-state index contributed by atoms with van der Waals surface area (Å²) in [6.45, 7) is 2.12. The van der Waals surface area contributed by atoms with E-state index in [2.05, 4.69) is 17.1 Å². The van der Waals surface area contributed by atoms with E-state index in [0.717, 1.165) is 12.2 Å². The zero-order chi connectivity index (χ0) is 12.8. The van der Waals surface area contributed by atoms with E-state index in [9.17, 15) is 0 Å². The highest BCUT2D eigenvalue weighted by atomic mass is 32.2. The number of thioether (sulfide) groups is 1. The Hall–Kier alpha value is -1.33. The Kier molecular flexibility index (Phi) is 4.78. The summed E-state index contributed by atoms with van der Waals surface area (Å²) >= 11 is 1.57. The average molecular weight is 263 g/mol. The van der Waals surface area contributed by atoms with Crippen LogP contribution in [0.15, 0.2) is 40.0 Å². The van der Waals surface area contributed by atoms with Crippen molar-refractivity contribution in [3.05, 3.63) is 41.8 Å². The van der Waals surface area contributed by atoms with Crippen molar-refractivity contribution in [2.24, 2.45) is 5.73 Å². The molecule has 2 rings (SSSR count). The number of aromatic nitrogens is 2. The summed E-state index contributed by atoms with van der Waals surface area (Å²) in [5.41, 5.74) is 7.24. The van der Waals surface area contributed by atoms with Crippen molar-refractivity contribution in [1.29, 1.82) is 0 Å². The Morgan fingerprint density at radius 3 is 2.78 bits per heavy atom. The standard InChI is InChI=1S/C13H17N3OS/c1-2-8-18-13-16-15-12(17-13)11(14)9-10-6-4-3-5-7-10/h3-7,11H,2,8-9,14H2,1H3/t11-/m0/s1. The van der Waals surface area contributed by atoms with Crippen molar-refractivity contribution < 1.29 is 4.42 Å². The zero-order valence-corrected chi connectivity index (χ0v) is 11.2. The summed E-state index contributed by atoms with van der Waals surface area (Å²) in [6, 6.07) is 9.83. The molecular weight excluding hydrogens is 246 g/mol. The molecule has 0 spiro atoms. The average Bonchev–Trinajstić information content (AvgIpc) is 2.86. The first-order valence-corrected chi connectivity index (χ1v) is 7.04. The van der Waals surface area contributed by atoms with E-state index in [1.165, 1.54) is 5.56 Å². The van der Waals surface area contributed by atoms with Crippen LogP contribution < -0.4 is 5.73 Å². The minimum atomic E-state index is -0.240. The molecule has 0 bridgehead atoms. The fraction of sp³-hybridized carbons (Fsp3) is 0.385. The van der Waals surface area contributed by atoms with Crippen LogP contribution >= 0.6 is 11.8 Å². The minimum absolute atomic E-state index is 0.240. The topological polar surface area (TPSA) is 64.9 Å². The maximum atomic E-state index is 6.06. The molecule has 0 fully saturated rings. The van der Waals surface area contributed by atoms with Crippen LogP contribution in [0.1, 0.15) is 30.8 Å². The number of nitrogens with zero attached hydrogens (tertiary/aromatic N) is 2. The highest BCUT2D eigenvalue weighted by Crippen LogP contribution is 2.21. The van der Waals surface area contributed by atoms with E-state index < -0.39 is 0 Å². The SMILES string of the molecule is CCCSc1nnc([C@@H](N)Cc2ccccc2)o1.